The summed E-state index contributed by atoms with van der Waals surface area (Å²) in [5, 5.41) is 55.2. The topological polar surface area (TPSA) is 259 Å². The van der Waals surface area contributed by atoms with Crippen LogP contribution in [0.5, 0.6) is 11.5 Å². The second-order valence-electron chi connectivity index (χ2n) is 6.04. The van der Waals surface area contributed by atoms with Gasteiger partial charge in [0.2, 0.25) is 11.5 Å². The molecule has 0 aliphatic heterocycles. The molecular formula is C18H10O15P+. The Morgan fingerprint density at radius 3 is 0.912 bits per heavy atom. The molecule has 2 aromatic carbocycles. The molecule has 0 aromatic heterocycles. The predicted molar refractivity (Wildman–Crippen MR) is 104 cm³/mol. The highest BCUT2D eigenvalue weighted by Gasteiger charge is 2.37. The third-order valence-corrected chi connectivity index (χ3v) is 4.59. The number of hydrogen-bond donors (Lipinski definition) is 6. The molecule has 0 unspecified atom stereocenters. The first-order valence-corrected chi connectivity index (χ1v) is 9.43. The Bertz CT molecular complexity index is 1120. The number of aromatic carboxylic acids is 6. The second-order valence-corrected chi connectivity index (χ2v) is 6.85. The predicted octanol–water partition coefficient (Wildman–Crippen LogP) is 1.99. The summed E-state index contributed by atoms with van der Waals surface area (Å²) in [4.78, 5) is 68.2. The Labute approximate surface area is 187 Å². The molecule has 0 amide bonds. The summed E-state index contributed by atoms with van der Waals surface area (Å²) >= 11 is 0. The van der Waals surface area contributed by atoms with Crippen LogP contribution in [0.15, 0.2) is 24.3 Å². The van der Waals surface area contributed by atoms with Crippen LogP contribution in [0.1, 0.15) is 62.1 Å². The Kier molecular flexibility index (Phi) is 7.14. The molecule has 0 spiro atoms. The van der Waals surface area contributed by atoms with Gasteiger partial charge in [-0.25, -0.2) is 37.8 Å². The van der Waals surface area contributed by atoms with Gasteiger partial charge in [0.25, 0.3) is 0 Å². The molecule has 34 heavy (non-hydrogen) atoms. The zero-order valence-electron chi connectivity index (χ0n) is 16.1. The fourth-order valence-electron chi connectivity index (χ4n) is 2.50. The van der Waals surface area contributed by atoms with Gasteiger partial charge < -0.3 is 30.6 Å². The summed E-state index contributed by atoms with van der Waals surface area (Å²) in [6, 6.07) is 1.95. The van der Waals surface area contributed by atoms with Crippen LogP contribution in [-0.2, 0) is 4.57 Å². The first-order chi connectivity index (χ1) is 15.7. The lowest BCUT2D eigenvalue weighted by Gasteiger charge is -2.08. The summed E-state index contributed by atoms with van der Waals surface area (Å²) in [5.41, 5.74) is -5.82. The van der Waals surface area contributed by atoms with Gasteiger partial charge in [0.05, 0.1) is 11.1 Å². The van der Waals surface area contributed by atoms with Crippen LogP contribution >= 0.6 is 8.25 Å². The van der Waals surface area contributed by atoms with Crippen LogP contribution in [0.4, 0.5) is 0 Å². The van der Waals surface area contributed by atoms with E-state index in [1.54, 1.807) is 0 Å². The summed E-state index contributed by atoms with van der Waals surface area (Å²) in [7, 11) is -3.75. The Hall–Kier alpha value is -5.04. The van der Waals surface area contributed by atoms with Crippen molar-refractivity contribution in [1.82, 2.24) is 0 Å². The molecule has 0 bridgehead atoms. The van der Waals surface area contributed by atoms with Crippen LogP contribution in [0, 0.1) is 0 Å². The molecule has 0 atom stereocenters. The molecule has 16 heteroatoms. The lowest BCUT2D eigenvalue weighted by molar-refractivity contribution is 0.0664. The Morgan fingerprint density at radius 2 is 0.735 bits per heavy atom. The molecule has 0 saturated heterocycles. The maximum Gasteiger partial charge on any atom is 0.805 e. The zero-order valence-corrected chi connectivity index (χ0v) is 17.0. The SMILES string of the molecule is O=C(O)c1cc(C(=O)O)c(O[P+](=O)Oc2c(C(=O)O)cc(C(=O)O)cc2C(=O)O)c(C(=O)O)c1. The van der Waals surface area contributed by atoms with Crippen molar-refractivity contribution >= 4 is 44.1 Å². The third-order valence-electron chi connectivity index (χ3n) is 3.93. The van der Waals surface area contributed by atoms with E-state index < -0.39 is 89.0 Å². The lowest BCUT2D eigenvalue weighted by atomic mass is 10.0. The van der Waals surface area contributed by atoms with Gasteiger partial charge in [-0.15, -0.1) is 0 Å². The van der Waals surface area contributed by atoms with Gasteiger partial charge in [-0.3, -0.25) is 0 Å². The summed E-state index contributed by atoms with van der Waals surface area (Å²) in [5.74, 6) is -13.3. The Balaban J connectivity index is 2.63. The number of rotatable bonds is 10. The van der Waals surface area contributed by atoms with Gasteiger partial charge in [0.1, 0.15) is 22.3 Å². The van der Waals surface area contributed by atoms with Crippen molar-refractivity contribution in [2.24, 2.45) is 0 Å². The van der Waals surface area contributed by atoms with Crippen molar-refractivity contribution < 1.29 is 73.0 Å². The van der Waals surface area contributed by atoms with E-state index in [0.717, 1.165) is 0 Å². The maximum atomic E-state index is 12.4. The highest BCUT2D eigenvalue weighted by atomic mass is 31.1. The van der Waals surface area contributed by atoms with E-state index in [-0.39, 0.29) is 0 Å². The molecule has 6 N–H and O–H groups in total. The van der Waals surface area contributed by atoms with E-state index in [0.29, 0.717) is 24.3 Å². The molecule has 0 heterocycles. The number of carbonyl (C=O) groups is 6. The third kappa shape index (κ3) is 5.23. The van der Waals surface area contributed by atoms with Crippen LogP contribution < -0.4 is 9.05 Å². The van der Waals surface area contributed by atoms with Crippen molar-refractivity contribution in [3.63, 3.8) is 0 Å². The fraction of sp³-hybridized carbons (Fsp3) is 0. The van der Waals surface area contributed by atoms with Crippen molar-refractivity contribution in [2.45, 2.75) is 0 Å². The molecule has 0 radical (unpaired) electrons. The van der Waals surface area contributed by atoms with Crippen molar-refractivity contribution in [1.29, 1.82) is 0 Å². The van der Waals surface area contributed by atoms with Gasteiger partial charge in [-0.1, -0.05) is 0 Å². The van der Waals surface area contributed by atoms with Gasteiger partial charge >= 0.3 is 44.1 Å². The molecule has 2 rings (SSSR count). The monoisotopic (exact) mass is 497 g/mol. The van der Waals surface area contributed by atoms with Crippen LogP contribution in [0.3, 0.4) is 0 Å². The van der Waals surface area contributed by atoms with Crippen molar-refractivity contribution in [3.8, 4) is 11.5 Å². The Morgan fingerprint density at radius 1 is 0.500 bits per heavy atom. The lowest BCUT2D eigenvalue weighted by Crippen LogP contribution is -2.12. The van der Waals surface area contributed by atoms with Gasteiger partial charge in [0, 0.05) is 4.57 Å². The van der Waals surface area contributed by atoms with E-state index in [2.05, 4.69) is 0 Å². The van der Waals surface area contributed by atoms with Crippen molar-refractivity contribution in [2.75, 3.05) is 0 Å². The molecular weight excluding hydrogens is 487 g/mol. The van der Waals surface area contributed by atoms with E-state index in [1.165, 1.54) is 0 Å². The zero-order chi connectivity index (χ0) is 25.9. The molecule has 2 aromatic rings. The number of carboxylic acid groups (broad SMARTS) is 6. The van der Waals surface area contributed by atoms with E-state index >= 15 is 0 Å². The average molecular weight is 497 g/mol. The number of carboxylic acids is 6. The molecule has 15 nitrogen and oxygen atoms in total. The second kappa shape index (κ2) is 9.62. The highest BCUT2D eigenvalue weighted by Crippen LogP contribution is 2.39. The summed E-state index contributed by atoms with van der Waals surface area (Å²) in [6.07, 6.45) is 0. The first-order valence-electron chi connectivity index (χ1n) is 8.33. The number of hydrogen-bond acceptors (Lipinski definition) is 9. The maximum absolute atomic E-state index is 12.4. The minimum Gasteiger partial charge on any atom is -0.478 e. The van der Waals surface area contributed by atoms with Crippen molar-refractivity contribution in [3.05, 3.63) is 57.6 Å². The molecule has 0 aliphatic carbocycles. The highest BCUT2D eigenvalue weighted by molar-refractivity contribution is 7.34. The normalized spacial score (nSPS) is 10.1. The van der Waals surface area contributed by atoms with Gasteiger partial charge in [0.15, 0.2) is 0 Å². The minimum atomic E-state index is -3.75. The van der Waals surface area contributed by atoms with Gasteiger partial charge in [-0.05, 0) is 24.3 Å². The largest absolute Gasteiger partial charge is 0.805 e. The fourth-order valence-corrected chi connectivity index (χ4v) is 3.23. The van der Waals surface area contributed by atoms with Gasteiger partial charge in [-0.2, -0.15) is 0 Å². The summed E-state index contributed by atoms with van der Waals surface area (Å²) < 4.78 is 21.8. The number of benzene rings is 2. The minimum absolute atomic E-state index is 0.489. The van der Waals surface area contributed by atoms with Crippen LogP contribution in [-0.4, -0.2) is 66.5 Å². The molecule has 0 fully saturated rings. The average Bonchev–Trinajstić information content (AvgIpc) is 2.72. The van der Waals surface area contributed by atoms with E-state index in [1.807, 2.05) is 0 Å². The standard InChI is InChI=1S/C18H9O15P/c19-13(20)5-1-7(15(23)24)11(8(2-5)16(25)26)32-34(31)33-12-9(17(27)28)3-6(14(21)22)4-10(12)18(29)30/h1-4H,(H5-,19,20,21,22,23,24,25,26,27,28,29,30)/p+1. The molecule has 176 valence electrons. The van der Waals surface area contributed by atoms with E-state index in [4.69, 9.17) is 19.3 Å². The van der Waals surface area contributed by atoms with Crippen LogP contribution in [0.25, 0.3) is 0 Å². The molecule has 0 saturated carbocycles. The van der Waals surface area contributed by atoms with Crippen LogP contribution in [0.2, 0.25) is 0 Å². The van der Waals surface area contributed by atoms with E-state index in [9.17, 15) is 53.8 Å². The summed E-state index contributed by atoms with van der Waals surface area (Å²) in [6.45, 7) is 0. The molecule has 0 aliphatic rings. The first kappa shape index (κ1) is 25.2. The smallest absolute Gasteiger partial charge is 0.478 e. The quantitative estimate of drug-likeness (QED) is 0.256.